The van der Waals surface area contributed by atoms with Crippen LogP contribution in [0.1, 0.15) is 36.0 Å². The largest absolute Gasteiger partial charge is 0.493 e. The summed E-state index contributed by atoms with van der Waals surface area (Å²) in [7, 11) is 1.69. The van der Waals surface area contributed by atoms with E-state index >= 15 is 0 Å². The zero-order valence-electron chi connectivity index (χ0n) is 16.2. The van der Waals surface area contributed by atoms with E-state index in [0.717, 1.165) is 43.9 Å². The highest BCUT2D eigenvalue weighted by atomic mass is 16.5. The van der Waals surface area contributed by atoms with Crippen LogP contribution in [0.4, 0.5) is 0 Å². The molecule has 1 saturated heterocycles. The minimum Gasteiger partial charge on any atom is -0.493 e. The van der Waals surface area contributed by atoms with Crippen molar-refractivity contribution in [3.63, 3.8) is 0 Å². The lowest BCUT2D eigenvalue weighted by Gasteiger charge is -2.57. The average Bonchev–Trinajstić information content (AvgIpc) is 3.07. The quantitative estimate of drug-likeness (QED) is 0.823. The van der Waals surface area contributed by atoms with E-state index < -0.39 is 0 Å². The third-order valence-corrected chi connectivity index (χ3v) is 7.66. The van der Waals surface area contributed by atoms with E-state index in [1.54, 1.807) is 7.11 Å². The fourth-order valence-corrected chi connectivity index (χ4v) is 6.57. The molecule has 4 nitrogen and oxygen atoms in total. The SMILES string of the molecule is COc1ccc2c3c1O[C@@H]1C(=O)CC[C@@H]4[C@H](C2)N(Cc2ccccc2)CC[C@@]314. The standard InChI is InChI=1S/C24H25NO3/c1-27-20-10-7-16-13-18-17-8-9-19(26)23-24(17,21(16)22(20)28-23)11-12-25(18)14-15-5-3-2-4-6-15/h2-7,10,17-18,23H,8-9,11-14H2,1H3/t17-,18+,23-,24-/m1/s1. The Kier molecular flexibility index (Phi) is 3.46. The molecular weight excluding hydrogens is 350 g/mol. The van der Waals surface area contributed by atoms with E-state index in [-0.39, 0.29) is 17.3 Å². The number of hydrogen-bond donors (Lipinski definition) is 0. The molecule has 2 fully saturated rings. The maximum atomic E-state index is 12.9. The Morgan fingerprint density at radius 2 is 2.07 bits per heavy atom. The van der Waals surface area contributed by atoms with Gasteiger partial charge in [0.05, 0.1) is 7.11 Å². The molecule has 2 aromatic carbocycles. The van der Waals surface area contributed by atoms with Gasteiger partial charge in [-0.15, -0.1) is 0 Å². The highest BCUT2D eigenvalue weighted by molar-refractivity contribution is 5.89. The number of ketones is 1. The smallest absolute Gasteiger partial charge is 0.174 e. The third kappa shape index (κ3) is 2.02. The average molecular weight is 375 g/mol. The lowest BCUT2D eigenvalue weighted by atomic mass is 9.51. The van der Waals surface area contributed by atoms with Gasteiger partial charge in [-0.1, -0.05) is 36.4 Å². The van der Waals surface area contributed by atoms with Crippen molar-refractivity contribution >= 4 is 5.78 Å². The zero-order valence-corrected chi connectivity index (χ0v) is 16.2. The molecule has 0 unspecified atom stereocenters. The van der Waals surface area contributed by atoms with Crippen molar-refractivity contribution in [3.05, 3.63) is 59.2 Å². The predicted molar refractivity (Wildman–Crippen MR) is 106 cm³/mol. The molecule has 4 aliphatic rings. The Labute approximate surface area is 165 Å². The Bertz CT molecular complexity index is 956. The Hall–Kier alpha value is -2.33. The second-order valence-corrected chi connectivity index (χ2v) is 8.76. The van der Waals surface area contributed by atoms with Crippen molar-refractivity contribution in [2.75, 3.05) is 13.7 Å². The van der Waals surface area contributed by atoms with Crippen LogP contribution in [-0.2, 0) is 23.2 Å². The molecule has 0 radical (unpaired) electrons. The van der Waals surface area contributed by atoms with Crippen molar-refractivity contribution in [2.24, 2.45) is 5.92 Å². The fraction of sp³-hybridized carbons (Fsp3) is 0.458. The summed E-state index contributed by atoms with van der Waals surface area (Å²) in [6, 6.07) is 15.5. The van der Waals surface area contributed by atoms with Gasteiger partial charge in [-0.3, -0.25) is 9.69 Å². The van der Waals surface area contributed by atoms with Crippen molar-refractivity contribution < 1.29 is 14.3 Å². The number of likely N-dealkylation sites (tertiary alicyclic amines) is 1. The summed E-state index contributed by atoms with van der Waals surface area (Å²) >= 11 is 0. The number of ether oxygens (including phenoxy) is 2. The molecular formula is C24H25NO3. The summed E-state index contributed by atoms with van der Waals surface area (Å²) in [5, 5.41) is 0. The van der Waals surface area contributed by atoms with Gasteiger partial charge in [0.15, 0.2) is 23.4 Å². The molecule has 6 rings (SSSR count). The van der Waals surface area contributed by atoms with Gasteiger partial charge in [-0.2, -0.15) is 0 Å². The first-order valence-corrected chi connectivity index (χ1v) is 10.4. The van der Waals surface area contributed by atoms with E-state index in [1.165, 1.54) is 16.7 Å². The highest BCUT2D eigenvalue weighted by Crippen LogP contribution is 2.63. The second-order valence-electron chi connectivity index (χ2n) is 8.76. The number of methoxy groups -OCH3 is 1. The van der Waals surface area contributed by atoms with Crippen molar-refractivity contribution in [2.45, 2.75) is 49.8 Å². The number of nitrogens with zero attached hydrogens (tertiary/aromatic N) is 1. The van der Waals surface area contributed by atoms with E-state index in [2.05, 4.69) is 41.3 Å². The van der Waals surface area contributed by atoms with E-state index in [0.29, 0.717) is 18.4 Å². The molecule has 2 aliphatic heterocycles. The van der Waals surface area contributed by atoms with Gasteiger partial charge < -0.3 is 9.47 Å². The molecule has 1 spiro atoms. The summed E-state index contributed by atoms with van der Waals surface area (Å²) in [5.74, 6) is 2.38. The maximum Gasteiger partial charge on any atom is 0.174 e. The van der Waals surface area contributed by atoms with Crippen LogP contribution in [0.15, 0.2) is 42.5 Å². The summed E-state index contributed by atoms with van der Waals surface area (Å²) < 4.78 is 12.0. The van der Waals surface area contributed by atoms with Gasteiger partial charge in [0, 0.05) is 30.0 Å². The summed E-state index contributed by atoms with van der Waals surface area (Å²) in [6.45, 7) is 2.00. The van der Waals surface area contributed by atoms with Crippen LogP contribution in [0, 0.1) is 5.92 Å². The van der Waals surface area contributed by atoms with Crippen LogP contribution in [-0.4, -0.2) is 36.5 Å². The van der Waals surface area contributed by atoms with Gasteiger partial charge in [0.1, 0.15) is 0 Å². The van der Waals surface area contributed by atoms with E-state index in [1.807, 2.05) is 6.07 Å². The molecule has 28 heavy (non-hydrogen) atoms. The summed E-state index contributed by atoms with van der Waals surface area (Å²) in [6.07, 6.45) is 3.32. The van der Waals surface area contributed by atoms with Gasteiger partial charge in [-0.05, 0) is 48.9 Å². The van der Waals surface area contributed by atoms with Crippen LogP contribution in [0.3, 0.4) is 0 Å². The van der Waals surface area contributed by atoms with Crippen LogP contribution in [0.5, 0.6) is 11.5 Å². The van der Waals surface area contributed by atoms with Gasteiger partial charge in [0.2, 0.25) is 0 Å². The molecule has 0 N–H and O–H groups in total. The molecule has 4 atom stereocenters. The van der Waals surface area contributed by atoms with Crippen LogP contribution in [0.25, 0.3) is 0 Å². The molecule has 2 aliphatic carbocycles. The zero-order chi connectivity index (χ0) is 18.9. The number of benzene rings is 2. The molecule has 2 heterocycles. The molecule has 0 amide bonds. The number of Topliss-reactive ketones (excluding diaryl/α,β-unsaturated/α-hetero) is 1. The second kappa shape index (κ2) is 5.84. The topological polar surface area (TPSA) is 38.8 Å². The van der Waals surface area contributed by atoms with Crippen LogP contribution < -0.4 is 9.47 Å². The number of piperidine rings is 1. The molecule has 1 saturated carbocycles. The molecule has 2 aromatic rings. The first-order valence-electron chi connectivity index (χ1n) is 10.4. The lowest BCUT2D eigenvalue weighted by Crippen LogP contribution is -2.65. The van der Waals surface area contributed by atoms with Gasteiger partial charge >= 0.3 is 0 Å². The third-order valence-electron chi connectivity index (χ3n) is 7.66. The van der Waals surface area contributed by atoms with E-state index in [9.17, 15) is 4.79 Å². The van der Waals surface area contributed by atoms with Crippen LogP contribution in [0.2, 0.25) is 0 Å². The lowest BCUT2D eigenvalue weighted by molar-refractivity contribution is -0.139. The van der Waals surface area contributed by atoms with Crippen LogP contribution >= 0.6 is 0 Å². The number of rotatable bonds is 3. The maximum absolute atomic E-state index is 12.9. The minimum absolute atomic E-state index is 0.148. The minimum atomic E-state index is -0.321. The monoisotopic (exact) mass is 375 g/mol. The first-order chi connectivity index (χ1) is 13.7. The molecule has 144 valence electrons. The fourth-order valence-electron chi connectivity index (χ4n) is 6.57. The Morgan fingerprint density at radius 1 is 1.21 bits per heavy atom. The number of carbonyl (C=O) groups is 1. The van der Waals surface area contributed by atoms with Crippen molar-refractivity contribution in [1.82, 2.24) is 4.90 Å². The molecule has 2 bridgehead atoms. The first kappa shape index (κ1) is 16.6. The number of hydrogen-bond acceptors (Lipinski definition) is 4. The van der Waals surface area contributed by atoms with Crippen molar-refractivity contribution in [1.29, 1.82) is 0 Å². The number of carbonyl (C=O) groups excluding carboxylic acids is 1. The normalized spacial score (nSPS) is 32.6. The summed E-state index contributed by atoms with van der Waals surface area (Å²) in [5.41, 5.74) is 3.87. The van der Waals surface area contributed by atoms with E-state index in [4.69, 9.17) is 9.47 Å². The molecule has 0 aromatic heterocycles. The highest BCUT2D eigenvalue weighted by Gasteiger charge is 2.65. The Morgan fingerprint density at radius 3 is 2.89 bits per heavy atom. The van der Waals surface area contributed by atoms with Crippen molar-refractivity contribution in [3.8, 4) is 11.5 Å². The van der Waals surface area contributed by atoms with Gasteiger partial charge in [-0.25, -0.2) is 0 Å². The predicted octanol–water partition coefficient (Wildman–Crippen LogP) is 3.50. The summed E-state index contributed by atoms with van der Waals surface area (Å²) in [4.78, 5) is 15.6. The molecule has 4 heteroatoms. The Balaban J connectivity index is 1.47. The van der Waals surface area contributed by atoms with Gasteiger partial charge in [0.25, 0.3) is 0 Å².